The van der Waals surface area contributed by atoms with Gasteiger partial charge >= 0.3 is 0 Å². The molecule has 0 bridgehead atoms. The van der Waals surface area contributed by atoms with E-state index in [4.69, 9.17) is 5.73 Å². The average molecular weight is 287 g/mol. The molecule has 2 fully saturated rings. The van der Waals surface area contributed by atoms with Crippen molar-refractivity contribution in [1.29, 1.82) is 0 Å². The summed E-state index contributed by atoms with van der Waals surface area (Å²) in [5, 5.41) is 0. The van der Waals surface area contributed by atoms with E-state index in [-0.39, 0.29) is 0 Å². The van der Waals surface area contributed by atoms with Crippen LogP contribution in [0.4, 0.5) is 0 Å². The number of hydrogen-bond acceptors (Lipinski definition) is 3. The Morgan fingerprint density at radius 1 is 1.10 bits per heavy atom. The highest BCUT2D eigenvalue weighted by atomic mass is 15.2. The fourth-order valence-corrected chi connectivity index (χ4v) is 4.11. The van der Waals surface area contributed by atoms with Crippen molar-refractivity contribution >= 4 is 0 Å². The lowest BCUT2D eigenvalue weighted by molar-refractivity contribution is 0.0355. The summed E-state index contributed by atoms with van der Waals surface area (Å²) in [5.41, 5.74) is 8.41. The molecule has 2 saturated heterocycles. The van der Waals surface area contributed by atoms with Gasteiger partial charge in [0.25, 0.3) is 0 Å². The summed E-state index contributed by atoms with van der Waals surface area (Å²) in [4.78, 5) is 5.24. The first-order chi connectivity index (χ1) is 10.3. The molecule has 2 aliphatic rings. The molecule has 3 heteroatoms. The van der Waals surface area contributed by atoms with Gasteiger partial charge in [-0.1, -0.05) is 24.3 Å². The number of rotatable bonds is 4. The van der Waals surface area contributed by atoms with Crippen LogP contribution in [0.1, 0.15) is 30.4 Å². The third-order valence-electron chi connectivity index (χ3n) is 5.29. The van der Waals surface area contributed by atoms with Crippen molar-refractivity contribution < 1.29 is 0 Å². The van der Waals surface area contributed by atoms with Crippen LogP contribution in [-0.4, -0.2) is 49.1 Å². The average Bonchev–Trinajstić information content (AvgIpc) is 2.50. The monoisotopic (exact) mass is 287 g/mol. The molecule has 0 aromatic heterocycles. The summed E-state index contributed by atoms with van der Waals surface area (Å²) in [7, 11) is 2.31. The molecule has 0 amide bonds. The Bertz CT molecular complexity index is 442. The SMILES string of the molecule is CN1CCCC2CN(Cc3ccc(CCN)cc3)CCC21. The van der Waals surface area contributed by atoms with Crippen LogP contribution >= 0.6 is 0 Å². The van der Waals surface area contributed by atoms with Crippen LogP contribution in [0.25, 0.3) is 0 Å². The zero-order valence-corrected chi connectivity index (χ0v) is 13.3. The van der Waals surface area contributed by atoms with Gasteiger partial charge in [0.1, 0.15) is 0 Å². The molecule has 2 N–H and O–H groups in total. The van der Waals surface area contributed by atoms with Crippen LogP contribution in [0, 0.1) is 5.92 Å². The summed E-state index contributed by atoms with van der Waals surface area (Å²) in [6.07, 6.45) is 5.12. The Kier molecular flexibility index (Phi) is 4.94. The van der Waals surface area contributed by atoms with Gasteiger partial charge in [-0.2, -0.15) is 0 Å². The first kappa shape index (κ1) is 15.0. The second-order valence-electron chi connectivity index (χ2n) is 6.83. The molecule has 0 radical (unpaired) electrons. The van der Waals surface area contributed by atoms with Gasteiger partial charge in [-0.15, -0.1) is 0 Å². The summed E-state index contributed by atoms with van der Waals surface area (Å²) in [5.74, 6) is 0.883. The molecule has 1 aromatic carbocycles. The Morgan fingerprint density at radius 2 is 1.86 bits per heavy atom. The molecule has 3 nitrogen and oxygen atoms in total. The van der Waals surface area contributed by atoms with Gasteiger partial charge < -0.3 is 10.6 Å². The largest absolute Gasteiger partial charge is 0.330 e. The van der Waals surface area contributed by atoms with Gasteiger partial charge in [-0.3, -0.25) is 4.90 Å². The predicted molar refractivity (Wildman–Crippen MR) is 88.2 cm³/mol. The highest BCUT2D eigenvalue weighted by molar-refractivity contribution is 5.22. The van der Waals surface area contributed by atoms with Crippen molar-refractivity contribution in [3.05, 3.63) is 35.4 Å². The summed E-state index contributed by atoms with van der Waals surface area (Å²) in [6.45, 7) is 5.66. The van der Waals surface area contributed by atoms with Crippen LogP contribution in [0.3, 0.4) is 0 Å². The van der Waals surface area contributed by atoms with Crippen LogP contribution in [0.15, 0.2) is 24.3 Å². The summed E-state index contributed by atoms with van der Waals surface area (Å²) < 4.78 is 0. The minimum absolute atomic E-state index is 0.738. The molecule has 1 aromatic rings. The van der Waals surface area contributed by atoms with E-state index < -0.39 is 0 Å². The van der Waals surface area contributed by atoms with Gasteiger partial charge in [0.05, 0.1) is 0 Å². The molecule has 0 saturated carbocycles. The van der Waals surface area contributed by atoms with Crippen LogP contribution in [0.2, 0.25) is 0 Å². The van der Waals surface area contributed by atoms with Crippen molar-refractivity contribution in [3.8, 4) is 0 Å². The second-order valence-corrected chi connectivity index (χ2v) is 6.83. The highest BCUT2D eigenvalue weighted by Crippen LogP contribution is 2.30. The Morgan fingerprint density at radius 3 is 2.62 bits per heavy atom. The van der Waals surface area contributed by atoms with E-state index in [1.165, 1.54) is 50.0 Å². The molecule has 0 spiro atoms. The third-order valence-corrected chi connectivity index (χ3v) is 5.29. The number of benzene rings is 1. The number of hydrogen-bond donors (Lipinski definition) is 1. The van der Waals surface area contributed by atoms with Gasteiger partial charge in [-0.25, -0.2) is 0 Å². The van der Waals surface area contributed by atoms with E-state index in [2.05, 4.69) is 41.1 Å². The molecular weight excluding hydrogens is 258 g/mol. The smallest absolute Gasteiger partial charge is 0.0233 e. The van der Waals surface area contributed by atoms with E-state index >= 15 is 0 Å². The van der Waals surface area contributed by atoms with Crippen LogP contribution in [-0.2, 0) is 13.0 Å². The fourth-order valence-electron chi connectivity index (χ4n) is 4.11. The van der Waals surface area contributed by atoms with Crippen molar-refractivity contribution in [3.63, 3.8) is 0 Å². The summed E-state index contributed by atoms with van der Waals surface area (Å²) in [6, 6.07) is 9.88. The number of nitrogens with zero attached hydrogens (tertiary/aromatic N) is 2. The summed E-state index contributed by atoms with van der Waals surface area (Å²) >= 11 is 0. The van der Waals surface area contributed by atoms with Crippen LogP contribution < -0.4 is 5.73 Å². The lowest BCUT2D eigenvalue weighted by Gasteiger charge is -2.46. The molecule has 2 aliphatic heterocycles. The Balaban J connectivity index is 1.56. The number of fused-ring (bicyclic) bond motifs is 1. The zero-order chi connectivity index (χ0) is 14.7. The molecule has 116 valence electrons. The van der Waals surface area contributed by atoms with E-state index in [1.807, 2.05) is 0 Å². The quantitative estimate of drug-likeness (QED) is 0.920. The minimum atomic E-state index is 0.738. The molecule has 2 heterocycles. The van der Waals surface area contributed by atoms with Crippen molar-refractivity contribution in [1.82, 2.24) is 9.80 Å². The maximum atomic E-state index is 5.61. The maximum Gasteiger partial charge on any atom is 0.0233 e. The number of likely N-dealkylation sites (tertiary alicyclic amines) is 2. The van der Waals surface area contributed by atoms with Crippen molar-refractivity contribution in [2.75, 3.05) is 33.2 Å². The topological polar surface area (TPSA) is 32.5 Å². The third kappa shape index (κ3) is 3.65. The van der Waals surface area contributed by atoms with Crippen molar-refractivity contribution in [2.45, 2.75) is 38.3 Å². The van der Waals surface area contributed by atoms with E-state index in [9.17, 15) is 0 Å². The highest BCUT2D eigenvalue weighted by Gasteiger charge is 2.33. The molecule has 3 rings (SSSR count). The number of nitrogens with two attached hydrogens (primary N) is 1. The standard InChI is InChI=1S/C18H29N3/c1-20-11-2-3-17-14-21(12-9-18(17)20)13-16-6-4-15(5-7-16)8-10-19/h4-7,17-18H,2-3,8-14,19H2,1H3. The van der Waals surface area contributed by atoms with Gasteiger partial charge in [0.15, 0.2) is 0 Å². The minimum Gasteiger partial charge on any atom is -0.330 e. The Labute approximate surface area is 129 Å². The lowest BCUT2D eigenvalue weighted by atomic mass is 9.84. The molecule has 2 unspecified atom stereocenters. The van der Waals surface area contributed by atoms with E-state index in [0.29, 0.717) is 0 Å². The first-order valence-corrected chi connectivity index (χ1v) is 8.47. The fraction of sp³-hybridized carbons (Fsp3) is 0.667. The number of piperidine rings is 2. The first-order valence-electron chi connectivity index (χ1n) is 8.47. The van der Waals surface area contributed by atoms with E-state index in [1.54, 1.807) is 0 Å². The lowest BCUT2D eigenvalue weighted by Crippen LogP contribution is -2.52. The van der Waals surface area contributed by atoms with Gasteiger partial charge in [0.2, 0.25) is 0 Å². The van der Waals surface area contributed by atoms with Gasteiger partial charge in [-0.05, 0) is 69.4 Å². The molecule has 0 aliphatic carbocycles. The zero-order valence-electron chi connectivity index (χ0n) is 13.3. The van der Waals surface area contributed by atoms with Gasteiger partial charge in [0, 0.05) is 19.1 Å². The van der Waals surface area contributed by atoms with E-state index in [0.717, 1.165) is 31.5 Å². The van der Waals surface area contributed by atoms with Crippen LogP contribution in [0.5, 0.6) is 0 Å². The van der Waals surface area contributed by atoms with Crippen molar-refractivity contribution in [2.24, 2.45) is 11.7 Å². The normalized spacial score (nSPS) is 27.5. The predicted octanol–water partition coefficient (Wildman–Crippen LogP) is 2.10. The maximum absolute atomic E-state index is 5.61. The molecular formula is C18H29N3. The molecule has 2 atom stereocenters. The second kappa shape index (κ2) is 6.91. The molecule has 21 heavy (non-hydrogen) atoms. The Hall–Kier alpha value is -0.900.